The second-order valence-electron chi connectivity index (χ2n) is 8.19. The molecule has 3 heterocycles. The maximum absolute atomic E-state index is 13.6. The SMILES string of the molecule is CC[C@@]1(C(=O)O)C[C@@H]2CC[C@H]1N2C(=O)c1cc(C)nc2c(C)c(C)ccc12. The first-order valence-electron chi connectivity index (χ1n) is 9.73. The quantitative estimate of drug-likeness (QED) is 0.891. The van der Waals surface area contributed by atoms with Gasteiger partial charge in [-0.2, -0.15) is 0 Å². The molecule has 1 N–H and O–H groups in total. The summed E-state index contributed by atoms with van der Waals surface area (Å²) in [6.07, 6.45) is 2.79. The largest absolute Gasteiger partial charge is 0.481 e. The molecule has 2 aliphatic rings. The van der Waals surface area contributed by atoms with Gasteiger partial charge < -0.3 is 10.0 Å². The first-order valence-corrected chi connectivity index (χ1v) is 9.73. The van der Waals surface area contributed by atoms with Crippen molar-refractivity contribution in [1.82, 2.24) is 9.88 Å². The van der Waals surface area contributed by atoms with Crippen molar-refractivity contribution in [1.29, 1.82) is 0 Å². The van der Waals surface area contributed by atoms with Gasteiger partial charge in [-0.1, -0.05) is 19.1 Å². The molecule has 1 amide bonds. The number of carbonyl (C=O) groups is 2. The summed E-state index contributed by atoms with van der Waals surface area (Å²) in [5, 5.41) is 10.7. The van der Waals surface area contributed by atoms with Gasteiger partial charge in [-0.3, -0.25) is 14.6 Å². The van der Waals surface area contributed by atoms with Crippen LogP contribution >= 0.6 is 0 Å². The van der Waals surface area contributed by atoms with Crippen LogP contribution < -0.4 is 0 Å². The summed E-state index contributed by atoms with van der Waals surface area (Å²) in [6, 6.07) is 5.66. The van der Waals surface area contributed by atoms with Gasteiger partial charge in [-0.05, 0) is 63.6 Å². The molecular weight excluding hydrogens is 340 g/mol. The third-order valence-corrected chi connectivity index (χ3v) is 6.90. The van der Waals surface area contributed by atoms with Crippen molar-refractivity contribution < 1.29 is 14.7 Å². The Morgan fingerprint density at radius 1 is 1.26 bits per heavy atom. The molecule has 1 aromatic heterocycles. The van der Waals surface area contributed by atoms with E-state index in [1.807, 2.05) is 50.8 Å². The summed E-state index contributed by atoms with van der Waals surface area (Å²) in [5.41, 5.74) is 3.76. The molecule has 4 rings (SSSR count). The lowest BCUT2D eigenvalue weighted by Crippen LogP contribution is -2.44. The summed E-state index contributed by atoms with van der Waals surface area (Å²) in [5.74, 6) is -0.810. The smallest absolute Gasteiger partial charge is 0.311 e. The Morgan fingerprint density at radius 3 is 2.63 bits per heavy atom. The number of pyridine rings is 1. The molecular formula is C22H26N2O3. The monoisotopic (exact) mass is 366 g/mol. The number of hydrogen-bond donors (Lipinski definition) is 1. The van der Waals surface area contributed by atoms with Gasteiger partial charge in [0.15, 0.2) is 0 Å². The number of aryl methyl sites for hydroxylation is 3. The number of rotatable bonds is 3. The number of aromatic nitrogens is 1. The number of benzene rings is 1. The third-order valence-electron chi connectivity index (χ3n) is 6.90. The van der Waals surface area contributed by atoms with E-state index < -0.39 is 11.4 Å². The molecule has 2 fully saturated rings. The molecule has 0 saturated carbocycles. The van der Waals surface area contributed by atoms with Gasteiger partial charge in [0.05, 0.1) is 16.5 Å². The highest BCUT2D eigenvalue weighted by atomic mass is 16.4. The molecule has 5 heteroatoms. The predicted molar refractivity (Wildman–Crippen MR) is 104 cm³/mol. The molecule has 5 nitrogen and oxygen atoms in total. The molecule has 0 radical (unpaired) electrons. The van der Waals surface area contributed by atoms with Crippen molar-refractivity contribution in [2.45, 2.75) is 65.5 Å². The number of carboxylic acid groups (broad SMARTS) is 1. The van der Waals surface area contributed by atoms with E-state index >= 15 is 0 Å². The second kappa shape index (κ2) is 6.04. The normalized spacial score (nSPS) is 26.7. The van der Waals surface area contributed by atoms with Crippen LogP contribution in [0, 0.1) is 26.2 Å². The molecule has 0 spiro atoms. The molecule has 0 unspecified atom stereocenters. The van der Waals surface area contributed by atoms with Crippen LogP contribution in [0.1, 0.15) is 59.8 Å². The molecule has 27 heavy (non-hydrogen) atoms. The van der Waals surface area contributed by atoms with Crippen LogP contribution in [-0.2, 0) is 4.79 Å². The van der Waals surface area contributed by atoms with Gasteiger partial charge in [0.2, 0.25) is 0 Å². The Hall–Kier alpha value is -2.43. The number of hydrogen-bond acceptors (Lipinski definition) is 3. The van der Waals surface area contributed by atoms with Crippen molar-refractivity contribution in [3.63, 3.8) is 0 Å². The molecule has 3 atom stereocenters. The lowest BCUT2D eigenvalue weighted by atomic mass is 9.72. The molecule has 142 valence electrons. The van der Waals surface area contributed by atoms with E-state index in [-0.39, 0.29) is 18.0 Å². The van der Waals surface area contributed by atoms with E-state index in [9.17, 15) is 14.7 Å². The first-order chi connectivity index (χ1) is 12.8. The summed E-state index contributed by atoms with van der Waals surface area (Å²) >= 11 is 0. The van der Waals surface area contributed by atoms with Gasteiger partial charge in [0.25, 0.3) is 5.91 Å². The van der Waals surface area contributed by atoms with Crippen molar-refractivity contribution >= 4 is 22.8 Å². The number of aliphatic carboxylic acids is 1. The van der Waals surface area contributed by atoms with E-state index in [0.29, 0.717) is 18.4 Å². The average Bonchev–Trinajstić information content (AvgIpc) is 3.20. The van der Waals surface area contributed by atoms with E-state index in [1.165, 1.54) is 0 Å². The van der Waals surface area contributed by atoms with Crippen LogP contribution in [0.25, 0.3) is 10.9 Å². The van der Waals surface area contributed by atoms with Crippen LogP contribution in [0.2, 0.25) is 0 Å². The Morgan fingerprint density at radius 2 is 2.00 bits per heavy atom. The van der Waals surface area contributed by atoms with E-state index in [2.05, 4.69) is 4.98 Å². The fourth-order valence-electron chi connectivity index (χ4n) is 5.22. The zero-order valence-corrected chi connectivity index (χ0v) is 16.4. The summed E-state index contributed by atoms with van der Waals surface area (Å²) < 4.78 is 0. The van der Waals surface area contributed by atoms with Crippen molar-refractivity contribution in [3.05, 3.63) is 40.6 Å². The minimum Gasteiger partial charge on any atom is -0.481 e. The summed E-state index contributed by atoms with van der Waals surface area (Å²) in [7, 11) is 0. The Labute approximate surface area is 159 Å². The minimum absolute atomic E-state index is 0.0219. The number of amides is 1. The standard InChI is InChI=1S/C22H26N2O3/c1-5-22(21(26)27)11-15-7-9-18(22)24(15)20(25)17-10-13(3)23-19-14(4)12(2)6-8-16(17)19/h6,8,10,15,18H,5,7,9,11H2,1-4H3,(H,26,27)/t15-,18+,22+/m0/s1. The maximum atomic E-state index is 13.6. The molecule has 0 aliphatic carbocycles. The van der Waals surface area contributed by atoms with Gasteiger partial charge in [-0.15, -0.1) is 0 Å². The highest BCUT2D eigenvalue weighted by Crippen LogP contribution is 2.52. The Kier molecular flexibility index (Phi) is 4.02. The van der Waals surface area contributed by atoms with Crippen LogP contribution in [0.5, 0.6) is 0 Å². The van der Waals surface area contributed by atoms with E-state index in [1.54, 1.807) is 0 Å². The molecule has 2 saturated heterocycles. The third kappa shape index (κ3) is 2.40. The van der Waals surface area contributed by atoms with Crippen LogP contribution in [-0.4, -0.2) is 39.0 Å². The Balaban J connectivity index is 1.83. The van der Waals surface area contributed by atoms with Crippen LogP contribution in [0.15, 0.2) is 18.2 Å². The van der Waals surface area contributed by atoms with Gasteiger partial charge in [-0.25, -0.2) is 0 Å². The van der Waals surface area contributed by atoms with E-state index in [4.69, 9.17) is 0 Å². The molecule has 2 aliphatic heterocycles. The van der Waals surface area contributed by atoms with Gasteiger partial charge in [0.1, 0.15) is 0 Å². The highest BCUT2D eigenvalue weighted by Gasteiger charge is 2.60. The first kappa shape index (κ1) is 18.0. The summed E-state index contributed by atoms with van der Waals surface area (Å²) in [4.78, 5) is 32.2. The van der Waals surface area contributed by atoms with Crippen LogP contribution in [0.3, 0.4) is 0 Å². The Bertz CT molecular complexity index is 968. The fraction of sp³-hybridized carbons (Fsp3) is 0.500. The number of fused-ring (bicyclic) bond motifs is 3. The van der Waals surface area contributed by atoms with Crippen molar-refractivity contribution in [2.24, 2.45) is 5.41 Å². The number of nitrogens with zero attached hydrogens (tertiary/aromatic N) is 2. The minimum atomic E-state index is -0.803. The maximum Gasteiger partial charge on any atom is 0.311 e. The van der Waals surface area contributed by atoms with Gasteiger partial charge >= 0.3 is 5.97 Å². The topological polar surface area (TPSA) is 70.5 Å². The van der Waals surface area contributed by atoms with Crippen molar-refractivity contribution in [3.8, 4) is 0 Å². The lowest BCUT2D eigenvalue weighted by molar-refractivity contribution is -0.151. The molecule has 2 aromatic rings. The fourth-order valence-corrected chi connectivity index (χ4v) is 5.22. The summed E-state index contributed by atoms with van der Waals surface area (Å²) in [6.45, 7) is 7.91. The lowest BCUT2D eigenvalue weighted by Gasteiger charge is -2.32. The molecule has 1 aromatic carbocycles. The predicted octanol–water partition coefficient (Wildman–Crippen LogP) is 4.02. The van der Waals surface area contributed by atoms with Crippen LogP contribution in [0.4, 0.5) is 0 Å². The highest BCUT2D eigenvalue weighted by molar-refractivity contribution is 6.07. The second-order valence-corrected chi connectivity index (χ2v) is 8.19. The number of carbonyl (C=O) groups excluding carboxylic acids is 1. The average molecular weight is 366 g/mol. The van der Waals surface area contributed by atoms with E-state index in [0.717, 1.165) is 40.6 Å². The number of carboxylic acids is 1. The van der Waals surface area contributed by atoms with Gasteiger partial charge in [0, 0.05) is 23.2 Å². The van der Waals surface area contributed by atoms with Crippen molar-refractivity contribution in [2.75, 3.05) is 0 Å². The zero-order valence-electron chi connectivity index (χ0n) is 16.4. The zero-order chi connectivity index (χ0) is 19.5. The molecule has 2 bridgehead atoms.